The second-order valence-electron chi connectivity index (χ2n) is 4.03. The molecule has 0 heterocycles. The molecule has 0 fully saturated rings. The zero-order valence-corrected chi connectivity index (χ0v) is 10.7. The Balaban J connectivity index is 3.18. The number of hydrogen-bond acceptors (Lipinski definition) is 3. The third-order valence-electron chi connectivity index (χ3n) is 2.50. The molecular formula is C11H15F2NO2S. The molecule has 1 unspecified atom stereocenters. The largest absolute Gasteiger partial charge is 0.312 e. The molecule has 0 radical (unpaired) electrons. The van der Waals surface area contributed by atoms with E-state index in [-0.39, 0.29) is 16.9 Å². The van der Waals surface area contributed by atoms with Crippen LogP contribution in [-0.4, -0.2) is 27.5 Å². The fourth-order valence-electron chi connectivity index (χ4n) is 1.56. The van der Waals surface area contributed by atoms with Gasteiger partial charge in [-0.15, -0.1) is 0 Å². The molecule has 0 aliphatic carbocycles. The van der Waals surface area contributed by atoms with Crippen molar-refractivity contribution < 1.29 is 17.2 Å². The van der Waals surface area contributed by atoms with Crippen LogP contribution in [0.2, 0.25) is 0 Å². The van der Waals surface area contributed by atoms with Gasteiger partial charge in [-0.2, -0.15) is 0 Å². The Morgan fingerprint density at radius 1 is 1.29 bits per heavy atom. The Morgan fingerprint density at radius 2 is 1.88 bits per heavy atom. The maximum absolute atomic E-state index is 13.7. The summed E-state index contributed by atoms with van der Waals surface area (Å²) in [7, 11) is -1.77. The van der Waals surface area contributed by atoms with Crippen molar-refractivity contribution in [1.29, 1.82) is 0 Å². The minimum Gasteiger partial charge on any atom is -0.312 e. The molecule has 1 N–H and O–H groups in total. The number of benzene rings is 1. The van der Waals surface area contributed by atoms with E-state index >= 15 is 0 Å². The smallest absolute Gasteiger partial charge is 0.163 e. The second-order valence-corrected chi connectivity index (χ2v) is 6.22. The molecule has 0 aliphatic heterocycles. The number of nitrogens with one attached hydrogen (secondary N) is 1. The van der Waals surface area contributed by atoms with E-state index in [1.807, 2.05) is 0 Å². The van der Waals surface area contributed by atoms with E-state index in [1.54, 1.807) is 0 Å². The van der Waals surface area contributed by atoms with E-state index in [4.69, 9.17) is 0 Å². The van der Waals surface area contributed by atoms with Gasteiger partial charge in [-0.1, -0.05) is 12.1 Å². The summed E-state index contributed by atoms with van der Waals surface area (Å²) in [6.45, 7) is 1.45. The minimum atomic E-state index is -3.27. The van der Waals surface area contributed by atoms with Crippen LogP contribution in [0.4, 0.5) is 8.78 Å². The first-order valence-corrected chi connectivity index (χ1v) is 7.12. The lowest BCUT2D eigenvalue weighted by molar-refractivity contribution is 0.477. The van der Waals surface area contributed by atoms with Crippen molar-refractivity contribution in [2.45, 2.75) is 13.0 Å². The van der Waals surface area contributed by atoms with Crippen LogP contribution < -0.4 is 5.32 Å². The van der Waals surface area contributed by atoms with Crippen molar-refractivity contribution in [2.75, 3.05) is 19.1 Å². The summed E-state index contributed by atoms with van der Waals surface area (Å²) < 4.78 is 49.4. The van der Waals surface area contributed by atoms with Crippen molar-refractivity contribution in [3.63, 3.8) is 0 Å². The normalized spacial score (nSPS) is 13.7. The molecule has 3 nitrogen and oxygen atoms in total. The quantitative estimate of drug-likeness (QED) is 0.897. The second kappa shape index (κ2) is 5.10. The first-order valence-electron chi connectivity index (χ1n) is 5.05. The van der Waals surface area contributed by atoms with Gasteiger partial charge in [0.2, 0.25) is 0 Å². The monoisotopic (exact) mass is 263 g/mol. The van der Waals surface area contributed by atoms with Crippen LogP contribution in [0.15, 0.2) is 12.1 Å². The highest BCUT2D eigenvalue weighted by atomic mass is 32.2. The zero-order valence-electron chi connectivity index (χ0n) is 9.92. The van der Waals surface area contributed by atoms with Gasteiger partial charge < -0.3 is 5.32 Å². The average Bonchev–Trinajstić information content (AvgIpc) is 2.22. The lowest BCUT2D eigenvalue weighted by Crippen LogP contribution is -2.26. The van der Waals surface area contributed by atoms with Crippen molar-refractivity contribution in [3.8, 4) is 0 Å². The number of sulfone groups is 1. The third kappa shape index (κ3) is 3.47. The fourth-order valence-corrected chi connectivity index (χ4v) is 2.51. The van der Waals surface area contributed by atoms with Crippen molar-refractivity contribution in [3.05, 3.63) is 34.9 Å². The van der Waals surface area contributed by atoms with Crippen LogP contribution >= 0.6 is 0 Å². The van der Waals surface area contributed by atoms with E-state index < -0.39 is 27.5 Å². The van der Waals surface area contributed by atoms with Gasteiger partial charge in [-0.05, 0) is 19.5 Å². The number of rotatable bonds is 4. The molecule has 0 saturated heterocycles. The van der Waals surface area contributed by atoms with Crippen LogP contribution in [0.25, 0.3) is 0 Å². The highest BCUT2D eigenvalue weighted by Gasteiger charge is 2.21. The Morgan fingerprint density at radius 3 is 2.35 bits per heavy atom. The van der Waals surface area contributed by atoms with E-state index in [2.05, 4.69) is 5.32 Å². The SMILES string of the molecule is CNC(CS(C)(=O)=O)c1ccc(C)c(F)c1F. The molecule has 6 heteroatoms. The molecule has 96 valence electrons. The average molecular weight is 263 g/mol. The van der Waals surface area contributed by atoms with Gasteiger partial charge in [0.1, 0.15) is 9.84 Å². The van der Waals surface area contributed by atoms with Gasteiger partial charge in [-0.25, -0.2) is 17.2 Å². The van der Waals surface area contributed by atoms with Gasteiger partial charge in [-0.3, -0.25) is 0 Å². The maximum atomic E-state index is 13.7. The van der Waals surface area contributed by atoms with E-state index in [1.165, 1.54) is 26.1 Å². The summed E-state index contributed by atoms with van der Waals surface area (Å²) in [5.74, 6) is -2.20. The van der Waals surface area contributed by atoms with Crippen molar-refractivity contribution in [1.82, 2.24) is 5.32 Å². The first-order chi connectivity index (χ1) is 7.76. The van der Waals surface area contributed by atoms with Crippen LogP contribution in [0, 0.1) is 18.6 Å². The predicted molar refractivity (Wildman–Crippen MR) is 62.6 cm³/mol. The third-order valence-corrected chi connectivity index (χ3v) is 3.44. The Bertz CT molecular complexity index is 514. The van der Waals surface area contributed by atoms with Gasteiger partial charge in [0.05, 0.1) is 5.75 Å². The Labute approximate surface area is 99.8 Å². The van der Waals surface area contributed by atoms with Crippen LogP contribution in [0.5, 0.6) is 0 Å². The maximum Gasteiger partial charge on any atom is 0.163 e. The molecule has 17 heavy (non-hydrogen) atoms. The minimum absolute atomic E-state index is 0.0287. The Hall–Kier alpha value is -1.01. The molecule has 1 aromatic carbocycles. The first kappa shape index (κ1) is 14.1. The molecule has 0 bridgehead atoms. The van der Waals surface area contributed by atoms with E-state index in [0.29, 0.717) is 0 Å². The summed E-state index contributed by atoms with van der Waals surface area (Å²) >= 11 is 0. The summed E-state index contributed by atoms with van der Waals surface area (Å²) in [5, 5.41) is 2.68. The fraction of sp³-hybridized carbons (Fsp3) is 0.455. The van der Waals surface area contributed by atoms with Gasteiger partial charge in [0.25, 0.3) is 0 Å². The summed E-state index contributed by atoms with van der Waals surface area (Å²) in [6.07, 6.45) is 1.06. The van der Waals surface area contributed by atoms with E-state index in [0.717, 1.165) is 6.26 Å². The molecular weight excluding hydrogens is 248 g/mol. The predicted octanol–water partition coefficient (Wildman–Crippen LogP) is 1.58. The number of halogens is 2. The van der Waals surface area contributed by atoms with Crippen molar-refractivity contribution >= 4 is 9.84 Å². The van der Waals surface area contributed by atoms with Gasteiger partial charge in [0.15, 0.2) is 11.6 Å². The molecule has 1 aromatic rings. The molecule has 1 atom stereocenters. The summed E-state index contributed by atoms with van der Waals surface area (Å²) in [4.78, 5) is 0. The molecule has 0 spiro atoms. The standard InChI is InChI=1S/C11H15F2NO2S/c1-7-4-5-8(11(13)10(7)12)9(14-2)6-17(3,15)16/h4-5,9,14H,6H2,1-3H3. The Kier molecular flexibility index (Phi) is 4.21. The summed E-state index contributed by atoms with van der Waals surface area (Å²) in [6, 6.07) is 2.08. The highest BCUT2D eigenvalue weighted by Crippen LogP contribution is 2.22. The number of hydrogen-bond donors (Lipinski definition) is 1. The molecule has 0 aromatic heterocycles. The molecule has 1 rings (SSSR count). The van der Waals surface area contributed by atoms with Crippen molar-refractivity contribution in [2.24, 2.45) is 0 Å². The van der Waals surface area contributed by atoms with Gasteiger partial charge in [0, 0.05) is 17.9 Å². The van der Waals surface area contributed by atoms with E-state index in [9.17, 15) is 17.2 Å². The highest BCUT2D eigenvalue weighted by molar-refractivity contribution is 7.90. The lowest BCUT2D eigenvalue weighted by atomic mass is 10.1. The molecule has 0 amide bonds. The van der Waals surface area contributed by atoms with Gasteiger partial charge >= 0.3 is 0 Å². The summed E-state index contributed by atoms with van der Waals surface area (Å²) in [5.41, 5.74) is 0.224. The number of aryl methyl sites for hydroxylation is 1. The topological polar surface area (TPSA) is 46.2 Å². The molecule has 0 aliphatic rings. The van der Waals surface area contributed by atoms with Crippen LogP contribution in [0.1, 0.15) is 17.2 Å². The van der Waals surface area contributed by atoms with Crippen LogP contribution in [-0.2, 0) is 9.84 Å². The van der Waals surface area contributed by atoms with Crippen LogP contribution in [0.3, 0.4) is 0 Å². The zero-order chi connectivity index (χ0) is 13.2. The lowest BCUT2D eigenvalue weighted by Gasteiger charge is -2.17. The molecule has 0 saturated carbocycles.